The van der Waals surface area contributed by atoms with Crippen molar-refractivity contribution in [3.63, 3.8) is 0 Å². The van der Waals surface area contributed by atoms with E-state index in [1.807, 2.05) is 24.3 Å². The highest BCUT2D eigenvalue weighted by atomic mass is 79.9. The third-order valence-electron chi connectivity index (χ3n) is 3.47. The first-order valence-corrected chi connectivity index (χ1v) is 7.97. The van der Waals surface area contributed by atoms with Crippen LogP contribution in [0.3, 0.4) is 0 Å². The van der Waals surface area contributed by atoms with E-state index in [1.165, 1.54) is 0 Å². The van der Waals surface area contributed by atoms with Crippen LogP contribution in [0.5, 0.6) is 0 Å². The van der Waals surface area contributed by atoms with Crippen LogP contribution in [0.1, 0.15) is 12.8 Å². The number of nitrogens with one attached hydrogen (secondary N) is 1. The second kappa shape index (κ2) is 8.48. The van der Waals surface area contributed by atoms with Crippen LogP contribution in [0.2, 0.25) is 0 Å². The number of carbonyl (C=O) groups excluding carboxylic acids is 1. The molecule has 1 aromatic rings. The Morgan fingerprint density at radius 1 is 1.33 bits per heavy atom. The van der Waals surface area contributed by atoms with E-state index in [1.54, 1.807) is 0 Å². The van der Waals surface area contributed by atoms with Gasteiger partial charge in [-0.1, -0.05) is 15.9 Å². The molecule has 1 aliphatic heterocycles. The van der Waals surface area contributed by atoms with Crippen molar-refractivity contribution in [1.29, 1.82) is 0 Å². The van der Waals surface area contributed by atoms with Gasteiger partial charge in [0.05, 0.1) is 25.9 Å². The zero-order valence-corrected chi connectivity index (χ0v) is 13.5. The number of amides is 1. The summed E-state index contributed by atoms with van der Waals surface area (Å²) in [6, 6.07) is 7.55. The highest BCUT2D eigenvalue weighted by Crippen LogP contribution is 2.15. The lowest BCUT2D eigenvalue weighted by atomic mass is 10.1. The molecule has 0 radical (unpaired) electrons. The molecule has 0 atom stereocenters. The molecule has 6 heteroatoms. The van der Waals surface area contributed by atoms with Gasteiger partial charge in [-0.15, -0.1) is 0 Å². The molecule has 2 rings (SSSR count). The molecule has 2 N–H and O–H groups in total. The van der Waals surface area contributed by atoms with E-state index in [4.69, 9.17) is 9.84 Å². The number of benzene rings is 1. The van der Waals surface area contributed by atoms with Crippen LogP contribution in [-0.2, 0) is 9.53 Å². The van der Waals surface area contributed by atoms with Crippen molar-refractivity contribution in [3.8, 4) is 0 Å². The van der Waals surface area contributed by atoms with Gasteiger partial charge < -0.3 is 15.2 Å². The Labute approximate surface area is 133 Å². The number of anilines is 1. The quantitative estimate of drug-likeness (QED) is 0.816. The fourth-order valence-corrected chi connectivity index (χ4v) is 2.65. The van der Waals surface area contributed by atoms with Crippen LogP contribution in [0.4, 0.5) is 5.69 Å². The Bertz CT molecular complexity index is 445. The van der Waals surface area contributed by atoms with Crippen LogP contribution < -0.4 is 5.32 Å². The molecule has 1 fully saturated rings. The zero-order chi connectivity index (χ0) is 15.1. The fourth-order valence-electron chi connectivity index (χ4n) is 2.39. The predicted octanol–water partition coefficient (Wildman–Crippen LogP) is 1.86. The maximum atomic E-state index is 12.0. The maximum Gasteiger partial charge on any atom is 0.238 e. The normalized spacial score (nSPS) is 16.9. The average Bonchev–Trinajstić information content (AvgIpc) is 2.49. The summed E-state index contributed by atoms with van der Waals surface area (Å²) in [5.41, 5.74) is 0.810. The number of piperidine rings is 1. The number of ether oxygens (including phenoxy) is 1. The van der Waals surface area contributed by atoms with Crippen molar-refractivity contribution < 1.29 is 14.6 Å². The highest BCUT2D eigenvalue weighted by Gasteiger charge is 2.21. The Balaban J connectivity index is 1.70. The smallest absolute Gasteiger partial charge is 0.238 e. The first kappa shape index (κ1) is 16.4. The third kappa shape index (κ3) is 5.74. The SMILES string of the molecule is O=C(CN1CCC(OCCO)CC1)Nc1ccc(Br)cc1. The monoisotopic (exact) mass is 356 g/mol. The molecule has 0 bridgehead atoms. The first-order chi connectivity index (χ1) is 10.2. The van der Waals surface area contributed by atoms with E-state index >= 15 is 0 Å². The van der Waals surface area contributed by atoms with Crippen molar-refractivity contribution >= 4 is 27.5 Å². The zero-order valence-electron chi connectivity index (χ0n) is 11.9. The van der Waals surface area contributed by atoms with Gasteiger partial charge in [-0.05, 0) is 37.1 Å². The van der Waals surface area contributed by atoms with E-state index in [9.17, 15) is 4.79 Å². The predicted molar refractivity (Wildman–Crippen MR) is 85.3 cm³/mol. The molecule has 0 saturated carbocycles. The highest BCUT2D eigenvalue weighted by molar-refractivity contribution is 9.10. The summed E-state index contributed by atoms with van der Waals surface area (Å²) in [6.45, 7) is 2.57. The molecular formula is C15H21BrN2O3. The van der Waals surface area contributed by atoms with Crippen molar-refractivity contribution in [3.05, 3.63) is 28.7 Å². The number of likely N-dealkylation sites (tertiary alicyclic amines) is 1. The molecule has 1 heterocycles. The lowest BCUT2D eigenvalue weighted by molar-refractivity contribution is -0.118. The lowest BCUT2D eigenvalue weighted by Gasteiger charge is -2.31. The molecule has 0 aromatic heterocycles. The summed E-state index contributed by atoms with van der Waals surface area (Å²) < 4.78 is 6.50. The number of aliphatic hydroxyl groups is 1. The van der Waals surface area contributed by atoms with Crippen molar-refractivity contribution in [2.75, 3.05) is 38.2 Å². The molecular weight excluding hydrogens is 336 g/mol. The minimum atomic E-state index is 0.00653. The largest absolute Gasteiger partial charge is 0.394 e. The first-order valence-electron chi connectivity index (χ1n) is 7.17. The molecule has 1 saturated heterocycles. The number of nitrogens with zero attached hydrogens (tertiary/aromatic N) is 1. The van der Waals surface area contributed by atoms with Gasteiger partial charge in [0.15, 0.2) is 0 Å². The van der Waals surface area contributed by atoms with E-state index in [2.05, 4.69) is 26.1 Å². The van der Waals surface area contributed by atoms with Crippen LogP contribution in [-0.4, -0.2) is 54.9 Å². The summed E-state index contributed by atoms with van der Waals surface area (Å²) in [4.78, 5) is 14.1. The molecule has 116 valence electrons. The molecule has 1 amide bonds. The van der Waals surface area contributed by atoms with Crippen LogP contribution in [0.25, 0.3) is 0 Å². The van der Waals surface area contributed by atoms with Gasteiger partial charge in [0, 0.05) is 23.2 Å². The lowest BCUT2D eigenvalue weighted by Crippen LogP contribution is -2.41. The molecule has 1 aromatic carbocycles. The van der Waals surface area contributed by atoms with Crippen molar-refractivity contribution in [2.45, 2.75) is 18.9 Å². The average molecular weight is 357 g/mol. The van der Waals surface area contributed by atoms with Crippen LogP contribution in [0, 0.1) is 0 Å². The van der Waals surface area contributed by atoms with Gasteiger partial charge in [0.1, 0.15) is 0 Å². The van der Waals surface area contributed by atoms with E-state index in [0.717, 1.165) is 36.1 Å². The van der Waals surface area contributed by atoms with Crippen molar-refractivity contribution in [2.24, 2.45) is 0 Å². The summed E-state index contributed by atoms with van der Waals surface area (Å²) in [5.74, 6) is 0.00653. The second-order valence-corrected chi connectivity index (χ2v) is 6.04. The minimum Gasteiger partial charge on any atom is -0.394 e. The Kier molecular flexibility index (Phi) is 6.63. The van der Waals surface area contributed by atoms with Gasteiger partial charge in [0.25, 0.3) is 0 Å². The standard InChI is InChI=1S/C15H21BrN2O3/c16-12-1-3-13(4-2-12)17-15(20)11-18-7-5-14(6-8-18)21-10-9-19/h1-4,14,19H,5-11H2,(H,17,20). The number of hydrogen-bond donors (Lipinski definition) is 2. The summed E-state index contributed by atoms with van der Waals surface area (Å²) in [7, 11) is 0. The molecule has 0 unspecified atom stereocenters. The summed E-state index contributed by atoms with van der Waals surface area (Å²) in [6.07, 6.45) is 2.03. The van der Waals surface area contributed by atoms with Crippen LogP contribution >= 0.6 is 15.9 Å². The topological polar surface area (TPSA) is 61.8 Å². The number of aliphatic hydroxyl groups excluding tert-OH is 1. The second-order valence-electron chi connectivity index (χ2n) is 5.12. The maximum absolute atomic E-state index is 12.0. The van der Waals surface area contributed by atoms with Gasteiger partial charge in [-0.3, -0.25) is 9.69 Å². The van der Waals surface area contributed by atoms with E-state index in [-0.39, 0.29) is 18.6 Å². The number of halogens is 1. The Morgan fingerprint density at radius 3 is 2.62 bits per heavy atom. The summed E-state index contributed by atoms with van der Waals surface area (Å²) in [5, 5.41) is 11.6. The van der Waals surface area contributed by atoms with Crippen LogP contribution in [0.15, 0.2) is 28.7 Å². The Hall–Kier alpha value is -0.950. The molecule has 0 spiro atoms. The molecule has 0 aliphatic carbocycles. The van der Waals surface area contributed by atoms with Gasteiger partial charge in [-0.25, -0.2) is 0 Å². The number of rotatable bonds is 6. The molecule has 1 aliphatic rings. The molecule has 21 heavy (non-hydrogen) atoms. The number of carbonyl (C=O) groups is 1. The van der Waals surface area contributed by atoms with Crippen molar-refractivity contribution in [1.82, 2.24) is 4.90 Å². The third-order valence-corrected chi connectivity index (χ3v) is 4.00. The van der Waals surface area contributed by atoms with Gasteiger partial charge in [-0.2, -0.15) is 0 Å². The Morgan fingerprint density at radius 2 is 2.00 bits per heavy atom. The minimum absolute atomic E-state index is 0.00653. The van der Waals surface area contributed by atoms with E-state index < -0.39 is 0 Å². The van der Waals surface area contributed by atoms with E-state index in [0.29, 0.717) is 13.2 Å². The van der Waals surface area contributed by atoms with Gasteiger partial charge >= 0.3 is 0 Å². The fraction of sp³-hybridized carbons (Fsp3) is 0.533. The van der Waals surface area contributed by atoms with Gasteiger partial charge in [0.2, 0.25) is 5.91 Å². The molecule has 5 nitrogen and oxygen atoms in total. The number of hydrogen-bond acceptors (Lipinski definition) is 4. The summed E-state index contributed by atoms with van der Waals surface area (Å²) >= 11 is 3.37.